The van der Waals surface area contributed by atoms with Gasteiger partial charge in [-0.15, -0.1) is 0 Å². The minimum absolute atomic E-state index is 0.0416. The molecule has 6 heteroatoms. The molecular formula is C12H24N2O3S. The van der Waals surface area contributed by atoms with E-state index in [1.807, 2.05) is 20.8 Å². The Morgan fingerprint density at radius 3 is 2.72 bits per heavy atom. The molecule has 0 aromatic rings. The van der Waals surface area contributed by atoms with Crippen LogP contribution in [0.25, 0.3) is 0 Å². The molecule has 2 rings (SSSR count). The third-order valence-electron chi connectivity index (χ3n) is 3.51. The molecule has 1 N–H and O–H groups in total. The first kappa shape index (κ1) is 14.2. The summed E-state index contributed by atoms with van der Waals surface area (Å²) in [7, 11) is -3.18. The average Bonchev–Trinajstić information content (AvgIpc) is 2.66. The van der Waals surface area contributed by atoms with Gasteiger partial charge in [0.05, 0.1) is 17.5 Å². The highest BCUT2D eigenvalue weighted by atomic mass is 32.2. The van der Waals surface area contributed by atoms with Crippen molar-refractivity contribution in [2.24, 2.45) is 0 Å². The number of sulfonamides is 1. The van der Waals surface area contributed by atoms with Crippen LogP contribution >= 0.6 is 0 Å². The number of hydrogen-bond donors (Lipinski definition) is 1. The van der Waals surface area contributed by atoms with Gasteiger partial charge in [0.1, 0.15) is 0 Å². The highest BCUT2D eigenvalue weighted by Crippen LogP contribution is 2.24. The van der Waals surface area contributed by atoms with Crippen LogP contribution in [0.4, 0.5) is 0 Å². The Morgan fingerprint density at radius 2 is 2.17 bits per heavy atom. The Morgan fingerprint density at radius 1 is 1.44 bits per heavy atom. The van der Waals surface area contributed by atoms with Crippen molar-refractivity contribution < 1.29 is 13.2 Å². The van der Waals surface area contributed by atoms with E-state index in [2.05, 4.69) is 5.32 Å². The Kier molecular flexibility index (Phi) is 4.02. The highest BCUT2D eigenvalue weighted by molar-refractivity contribution is 7.89. The third-order valence-corrected chi connectivity index (χ3v) is 5.39. The lowest BCUT2D eigenvalue weighted by molar-refractivity contribution is -0.109. The van der Waals surface area contributed by atoms with Gasteiger partial charge in [-0.25, -0.2) is 8.42 Å². The maximum Gasteiger partial charge on any atom is 0.215 e. The van der Waals surface area contributed by atoms with Crippen molar-refractivity contribution in [2.75, 3.05) is 25.4 Å². The van der Waals surface area contributed by atoms with Crippen LogP contribution in [0.2, 0.25) is 0 Å². The van der Waals surface area contributed by atoms with Crippen LogP contribution in [-0.4, -0.2) is 55.9 Å². The lowest BCUT2D eigenvalue weighted by Crippen LogP contribution is -2.55. The molecule has 106 valence electrons. The van der Waals surface area contributed by atoms with Crippen LogP contribution < -0.4 is 5.32 Å². The molecule has 0 aromatic heterocycles. The van der Waals surface area contributed by atoms with Crippen molar-refractivity contribution in [1.29, 1.82) is 0 Å². The molecular weight excluding hydrogens is 252 g/mol. The van der Waals surface area contributed by atoms with Crippen LogP contribution in [0.15, 0.2) is 0 Å². The molecule has 18 heavy (non-hydrogen) atoms. The van der Waals surface area contributed by atoms with Gasteiger partial charge in [0.2, 0.25) is 10.0 Å². The minimum atomic E-state index is -3.18. The number of rotatable bonds is 3. The van der Waals surface area contributed by atoms with Gasteiger partial charge < -0.3 is 10.1 Å². The second kappa shape index (κ2) is 5.07. The Balaban J connectivity index is 2.04. The molecule has 0 saturated carbocycles. The van der Waals surface area contributed by atoms with Crippen molar-refractivity contribution in [3.8, 4) is 0 Å². The fourth-order valence-electron chi connectivity index (χ4n) is 2.87. The molecule has 0 amide bonds. The summed E-state index contributed by atoms with van der Waals surface area (Å²) >= 11 is 0. The molecule has 0 spiro atoms. The van der Waals surface area contributed by atoms with E-state index in [-0.39, 0.29) is 17.9 Å². The predicted octanol–water partition coefficient (Wildman–Crippen LogP) is 0.567. The maximum atomic E-state index is 12.4. The second-order valence-electron chi connectivity index (χ2n) is 6.05. The fourth-order valence-corrected chi connectivity index (χ4v) is 4.81. The zero-order chi connectivity index (χ0) is 13.4. The quantitative estimate of drug-likeness (QED) is 0.818. The number of ether oxygens (including phenoxy) is 1. The summed E-state index contributed by atoms with van der Waals surface area (Å²) in [6, 6.07) is 0.122. The molecule has 2 aliphatic heterocycles. The molecule has 0 radical (unpaired) electrons. The number of nitrogens with one attached hydrogen (secondary N) is 1. The molecule has 2 saturated heterocycles. The largest absolute Gasteiger partial charge is 0.370 e. The van der Waals surface area contributed by atoms with Gasteiger partial charge in [0, 0.05) is 19.1 Å². The topological polar surface area (TPSA) is 58.6 Å². The monoisotopic (exact) mass is 276 g/mol. The second-order valence-corrected chi connectivity index (χ2v) is 8.07. The van der Waals surface area contributed by atoms with Gasteiger partial charge in [0.25, 0.3) is 0 Å². The van der Waals surface area contributed by atoms with Gasteiger partial charge in [0.15, 0.2) is 0 Å². The van der Waals surface area contributed by atoms with Crippen molar-refractivity contribution in [2.45, 2.75) is 51.4 Å². The molecule has 2 heterocycles. The van der Waals surface area contributed by atoms with E-state index in [0.29, 0.717) is 13.1 Å². The number of hydrogen-bond acceptors (Lipinski definition) is 4. The molecule has 0 aromatic carbocycles. The van der Waals surface area contributed by atoms with Gasteiger partial charge in [-0.05, 0) is 40.2 Å². The van der Waals surface area contributed by atoms with E-state index in [4.69, 9.17) is 4.74 Å². The normalized spacial score (nSPS) is 33.7. The van der Waals surface area contributed by atoms with E-state index in [9.17, 15) is 8.42 Å². The van der Waals surface area contributed by atoms with E-state index in [1.165, 1.54) is 0 Å². The van der Waals surface area contributed by atoms with Crippen molar-refractivity contribution in [3.63, 3.8) is 0 Å². The SMILES string of the molecule is CC1CN(S(=O)(=O)CC2CCCN2)CC(C)(C)O1. The van der Waals surface area contributed by atoms with Crippen LogP contribution in [0.3, 0.4) is 0 Å². The molecule has 0 aliphatic carbocycles. The van der Waals surface area contributed by atoms with Crippen LogP contribution in [-0.2, 0) is 14.8 Å². The van der Waals surface area contributed by atoms with E-state index in [0.717, 1.165) is 19.4 Å². The third kappa shape index (κ3) is 3.44. The van der Waals surface area contributed by atoms with E-state index in [1.54, 1.807) is 4.31 Å². The van der Waals surface area contributed by atoms with E-state index < -0.39 is 15.6 Å². The lowest BCUT2D eigenvalue weighted by atomic mass is 10.1. The summed E-state index contributed by atoms with van der Waals surface area (Å²) in [6.45, 7) is 7.67. The first-order valence-electron chi connectivity index (χ1n) is 6.67. The molecule has 5 nitrogen and oxygen atoms in total. The standard InChI is InChI=1S/C12H24N2O3S/c1-10-7-14(9-12(2,3)17-10)18(15,16)8-11-5-4-6-13-11/h10-11,13H,4-9H2,1-3H3. The molecule has 2 fully saturated rings. The van der Waals surface area contributed by atoms with Crippen molar-refractivity contribution >= 4 is 10.0 Å². The maximum absolute atomic E-state index is 12.4. The van der Waals surface area contributed by atoms with Crippen molar-refractivity contribution in [1.82, 2.24) is 9.62 Å². The van der Waals surface area contributed by atoms with Gasteiger partial charge >= 0.3 is 0 Å². The Labute approximate surface area is 110 Å². The van der Waals surface area contributed by atoms with Crippen LogP contribution in [0.1, 0.15) is 33.6 Å². The summed E-state index contributed by atoms with van der Waals surface area (Å²) in [4.78, 5) is 0. The summed E-state index contributed by atoms with van der Waals surface area (Å²) < 4.78 is 32.2. The molecule has 2 aliphatic rings. The molecule has 2 unspecified atom stereocenters. The summed E-state index contributed by atoms with van der Waals surface area (Å²) in [5, 5.41) is 3.25. The first-order chi connectivity index (χ1) is 8.28. The van der Waals surface area contributed by atoms with Crippen LogP contribution in [0, 0.1) is 0 Å². The minimum Gasteiger partial charge on any atom is -0.370 e. The first-order valence-corrected chi connectivity index (χ1v) is 8.28. The zero-order valence-corrected chi connectivity index (χ0v) is 12.3. The van der Waals surface area contributed by atoms with Crippen LogP contribution in [0.5, 0.6) is 0 Å². The zero-order valence-electron chi connectivity index (χ0n) is 11.5. The van der Waals surface area contributed by atoms with E-state index >= 15 is 0 Å². The average molecular weight is 276 g/mol. The smallest absolute Gasteiger partial charge is 0.215 e. The predicted molar refractivity (Wildman–Crippen MR) is 71.0 cm³/mol. The molecule has 2 atom stereocenters. The van der Waals surface area contributed by atoms with Gasteiger partial charge in [-0.1, -0.05) is 0 Å². The van der Waals surface area contributed by atoms with Gasteiger partial charge in [-0.3, -0.25) is 0 Å². The highest BCUT2D eigenvalue weighted by Gasteiger charge is 2.38. The summed E-state index contributed by atoms with van der Waals surface area (Å²) in [6.07, 6.45) is 1.99. The fraction of sp³-hybridized carbons (Fsp3) is 1.00. The van der Waals surface area contributed by atoms with Gasteiger partial charge in [-0.2, -0.15) is 4.31 Å². The number of morpholine rings is 1. The lowest BCUT2D eigenvalue weighted by Gasteiger charge is -2.41. The Hall–Kier alpha value is -0.170. The van der Waals surface area contributed by atoms with Crippen molar-refractivity contribution in [3.05, 3.63) is 0 Å². The number of nitrogens with zero attached hydrogens (tertiary/aromatic N) is 1. The molecule has 0 bridgehead atoms. The Bertz CT molecular complexity index is 388. The summed E-state index contributed by atoms with van der Waals surface area (Å²) in [5.41, 5.74) is -0.395. The summed E-state index contributed by atoms with van der Waals surface area (Å²) in [5.74, 6) is 0.218.